The van der Waals surface area contributed by atoms with Gasteiger partial charge in [0.25, 0.3) is 11.5 Å². The fourth-order valence-corrected chi connectivity index (χ4v) is 2.28. The Kier molecular flexibility index (Phi) is 2.45. The lowest BCUT2D eigenvalue weighted by Crippen LogP contribution is -2.17. The average Bonchev–Trinajstić information content (AvgIpc) is 2.63. The highest BCUT2D eigenvalue weighted by molar-refractivity contribution is 6.52. The van der Waals surface area contributed by atoms with Gasteiger partial charge in [-0.25, -0.2) is 4.39 Å². The standard InChI is InChI=1S/C15H10FNO2/c1-9-4-2-3-5-11(9)14-15(18)12-8-10(16)6-7-13(12)17(14)19/h2-8H,1H3. The van der Waals surface area contributed by atoms with Crippen LogP contribution < -0.4 is 0 Å². The van der Waals surface area contributed by atoms with Crippen LogP contribution in [0.3, 0.4) is 0 Å². The Labute approximate surface area is 109 Å². The molecule has 3 rings (SSSR count). The summed E-state index contributed by atoms with van der Waals surface area (Å²) in [7, 11) is 0. The first-order valence-corrected chi connectivity index (χ1v) is 5.84. The van der Waals surface area contributed by atoms with Crippen molar-refractivity contribution in [2.45, 2.75) is 6.92 Å². The molecule has 0 bridgehead atoms. The third-order valence-corrected chi connectivity index (χ3v) is 3.24. The summed E-state index contributed by atoms with van der Waals surface area (Å²) in [6.07, 6.45) is 0. The normalized spacial score (nSPS) is 13.9. The molecule has 3 nitrogen and oxygen atoms in total. The number of benzene rings is 2. The number of carbonyl (C=O) groups excluding carboxylic acids is 1. The fourth-order valence-electron chi connectivity index (χ4n) is 2.28. The first-order valence-electron chi connectivity index (χ1n) is 5.84. The van der Waals surface area contributed by atoms with Crippen LogP contribution in [0.4, 0.5) is 10.1 Å². The minimum Gasteiger partial charge on any atom is -0.618 e. The third kappa shape index (κ3) is 1.64. The Hall–Kier alpha value is -2.49. The maximum Gasteiger partial charge on any atom is 0.273 e. The summed E-state index contributed by atoms with van der Waals surface area (Å²) in [5, 5.41) is 12.2. The van der Waals surface area contributed by atoms with Gasteiger partial charge in [-0.05, 0) is 30.7 Å². The predicted molar refractivity (Wildman–Crippen MR) is 69.3 cm³/mol. The van der Waals surface area contributed by atoms with Crippen molar-refractivity contribution < 1.29 is 13.9 Å². The van der Waals surface area contributed by atoms with Gasteiger partial charge in [0, 0.05) is 6.07 Å². The highest BCUT2D eigenvalue weighted by Crippen LogP contribution is 2.29. The average molecular weight is 255 g/mol. The van der Waals surface area contributed by atoms with Crippen molar-refractivity contribution in [3.8, 4) is 0 Å². The van der Waals surface area contributed by atoms with Crippen LogP contribution in [-0.4, -0.2) is 16.2 Å². The SMILES string of the molecule is Cc1ccccc1C1=[N+]([O-])c2ccc(F)cc2C1=O. The van der Waals surface area contributed by atoms with Crippen LogP contribution in [0.1, 0.15) is 21.5 Å². The van der Waals surface area contributed by atoms with Crippen LogP contribution >= 0.6 is 0 Å². The largest absolute Gasteiger partial charge is 0.618 e. The highest BCUT2D eigenvalue weighted by atomic mass is 19.1. The summed E-state index contributed by atoms with van der Waals surface area (Å²) < 4.78 is 13.8. The lowest BCUT2D eigenvalue weighted by Gasteiger charge is -2.04. The van der Waals surface area contributed by atoms with Crippen LogP contribution in [0.15, 0.2) is 42.5 Å². The number of ketones is 1. The van der Waals surface area contributed by atoms with E-state index in [1.54, 1.807) is 12.1 Å². The van der Waals surface area contributed by atoms with Crippen LogP contribution in [-0.2, 0) is 0 Å². The van der Waals surface area contributed by atoms with E-state index < -0.39 is 11.6 Å². The predicted octanol–water partition coefficient (Wildman–Crippen LogP) is 2.96. The maximum atomic E-state index is 13.2. The van der Waals surface area contributed by atoms with E-state index in [9.17, 15) is 14.4 Å². The zero-order valence-electron chi connectivity index (χ0n) is 10.2. The number of rotatable bonds is 1. The number of Topliss-reactive ketones (excluding diaryl/α,β-unsaturated/α-hetero) is 1. The van der Waals surface area contributed by atoms with Gasteiger partial charge >= 0.3 is 0 Å². The van der Waals surface area contributed by atoms with Gasteiger partial charge in [-0.2, -0.15) is 4.74 Å². The second kappa shape index (κ2) is 4.02. The molecule has 0 spiro atoms. The van der Waals surface area contributed by atoms with E-state index in [0.29, 0.717) is 10.3 Å². The zero-order chi connectivity index (χ0) is 13.6. The summed E-state index contributed by atoms with van der Waals surface area (Å²) >= 11 is 0. The molecule has 94 valence electrons. The van der Waals surface area contributed by atoms with Crippen LogP contribution in [0.2, 0.25) is 0 Å². The molecule has 0 aliphatic carbocycles. The molecule has 2 aromatic carbocycles. The lowest BCUT2D eigenvalue weighted by atomic mass is 9.99. The Morgan fingerprint density at radius 2 is 1.84 bits per heavy atom. The molecule has 0 unspecified atom stereocenters. The quantitative estimate of drug-likeness (QED) is 0.580. The molecule has 2 aromatic rings. The van der Waals surface area contributed by atoms with Crippen molar-refractivity contribution in [1.29, 1.82) is 0 Å². The molecule has 0 radical (unpaired) electrons. The number of carbonyl (C=O) groups is 1. The molecule has 4 heteroatoms. The van der Waals surface area contributed by atoms with Crippen molar-refractivity contribution in [3.05, 3.63) is 70.2 Å². The molecule has 1 aliphatic rings. The topological polar surface area (TPSA) is 43.1 Å². The summed E-state index contributed by atoms with van der Waals surface area (Å²) in [5.41, 5.74) is 1.79. The molecule has 0 N–H and O–H groups in total. The van der Waals surface area contributed by atoms with E-state index in [1.807, 2.05) is 19.1 Å². The van der Waals surface area contributed by atoms with E-state index in [2.05, 4.69) is 0 Å². The molecule has 0 aromatic heterocycles. The zero-order valence-corrected chi connectivity index (χ0v) is 10.2. The van der Waals surface area contributed by atoms with Gasteiger partial charge in [-0.15, -0.1) is 0 Å². The first-order chi connectivity index (χ1) is 9.09. The Morgan fingerprint density at radius 1 is 1.11 bits per heavy atom. The monoisotopic (exact) mass is 255 g/mol. The Balaban J connectivity index is 2.24. The molecule has 0 atom stereocenters. The molecule has 0 fully saturated rings. The molecule has 1 aliphatic heterocycles. The van der Waals surface area contributed by atoms with Crippen molar-refractivity contribution >= 4 is 17.2 Å². The van der Waals surface area contributed by atoms with Crippen LogP contribution in [0, 0.1) is 17.9 Å². The van der Waals surface area contributed by atoms with E-state index in [0.717, 1.165) is 11.6 Å². The van der Waals surface area contributed by atoms with Gasteiger partial charge < -0.3 is 5.21 Å². The summed E-state index contributed by atoms with van der Waals surface area (Å²) in [5.74, 6) is -0.953. The number of nitrogens with zero attached hydrogens (tertiary/aromatic N) is 1. The molecular weight excluding hydrogens is 245 g/mol. The van der Waals surface area contributed by atoms with Crippen molar-refractivity contribution in [3.63, 3.8) is 0 Å². The number of hydrogen-bond donors (Lipinski definition) is 0. The smallest absolute Gasteiger partial charge is 0.273 e. The van der Waals surface area contributed by atoms with Crippen molar-refractivity contribution in [1.82, 2.24) is 0 Å². The molecular formula is C15H10FNO2. The Morgan fingerprint density at radius 3 is 2.58 bits per heavy atom. The van der Waals surface area contributed by atoms with Crippen LogP contribution in [0.5, 0.6) is 0 Å². The Bertz CT molecular complexity index is 735. The van der Waals surface area contributed by atoms with Gasteiger partial charge in [-0.1, -0.05) is 18.2 Å². The molecule has 19 heavy (non-hydrogen) atoms. The first kappa shape index (κ1) is 11.6. The summed E-state index contributed by atoms with van der Waals surface area (Å²) in [6, 6.07) is 10.8. The van der Waals surface area contributed by atoms with Gasteiger partial charge in [0.1, 0.15) is 11.4 Å². The maximum absolute atomic E-state index is 13.2. The number of aryl methyl sites for hydroxylation is 1. The van der Waals surface area contributed by atoms with Crippen molar-refractivity contribution in [2.75, 3.05) is 0 Å². The summed E-state index contributed by atoms with van der Waals surface area (Å²) in [6.45, 7) is 1.83. The second-order valence-corrected chi connectivity index (χ2v) is 4.45. The van der Waals surface area contributed by atoms with Gasteiger partial charge in [-0.3, -0.25) is 4.79 Å². The van der Waals surface area contributed by atoms with E-state index in [4.69, 9.17) is 0 Å². The molecule has 0 saturated carbocycles. The molecule has 0 saturated heterocycles. The van der Waals surface area contributed by atoms with Gasteiger partial charge in [0.2, 0.25) is 5.69 Å². The minimum absolute atomic E-state index is 0.0544. The number of halogens is 1. The second-order valence-electron chi connectivity index (χ2n) is 4.45. The minimum atomic E-state index is -0.522. The van der Waals surface area contributed by atoms with Crippen molar-refractivity contribution in [2.24, 2.45) is 0 Å². The summed E-state index contributed by atoms with van der Waals surface area (Å²) in [4.78, 5) is 12.3. The highest BCUT2D eigenvalue weighted by Gasteiger charge is 2.37. The molecule has 0 amide bonds. The van der Waals surface area contributed by atoms with Gasteiger partial charge in [0.05, 0.1) is 5.56 Å². The van der Waals surface area contributed by atoms with Crippen LogP contribution in [0.25, 0.3) is 0 Å². The third-order valence-electron chi connectivity index (χ3n) is 3.24. The number of fused-ring (bicyclic) bond motifs is 1. The fraction of sp³-hybridized carbons (Fsp3) is 0.0667. The van der Waals surface area contributed by atoms with Gasteiger partial charge in [0.15, 0.2) is 0 Å². The lowest BCUT2D eigenvalue weighted by molar-refractivity contribution is -0.355. The van der Waals surface area contributed by atoms with E-state index in [1.165, 1.54) is 12.1 Å². The molecule has 1 heterocycles. The number of hydrogen-bond acceptors (Lipinski definition) is 2. The van der Waals surface area contributed by atoms with E-state index in [-0.39, 0.29) is 17.0 Å². The van der Waals surface area contributed by atoms with E-state index >= 15 is 0 Å².